The van der Waals surface area contributed by atoms with E-state index in [0.29, 0.717) is 11.3 Å². The molecule has 1 atom stereocenters. The number of nitrogens with one attached hydrogen (secondary N) is 1. The van der Waals surface area contributed by atoms with Crippen LogP contribution in [0, 0.1) is 0 Å². The van der Waals surface area contributed by atoms with Crippen molar-refractivity contribution < 1.29 is 29.0 Å². The molecule has 3 rings (SSSR count). The minimum absolute atomic E-state index is 0.0425. The topological polar surface area (TPSA) is 116 Å². The lowest BCUT2D eigenvalue weighted by molar-refractivity contribution is -0.147. The van der Waals surface area contributed by atoms with Crippen LogP contribution in [0.5, 0.6) is 0 Å². The highest BCUT2D eigenvalue weighted by atomic mass is 16.5. The number of carboxylic acids is 1. The van der Waals surface area contributed by atoms with Gasteiger partial charge in [0, 0.05) is 13.1 Å². The molecule has 0 unspecified atom stereocenters. The number of amides is 3. The van der Waals surface area contributed by atoms with Crippen molar-refractivity contribution in [3.8, 4) is 0 Å². The predicted molar refractivity (Wildman–Crippen MR) is 84.9 cm³/mol. The fourth-order valence-electron chi connectivity index (χ4n) is 2.94. The molecular formula is C16H17N3O6. The van der Waals surface area contributed by atoms with Gasteiger partial charge in [-0.05, 0) is 12.1 Å². The quantitative estimate of drug-likeness (QED) is 0.751. The van der Waals surface area contributed by atoms with E-state index >= 15 is 0 Å². The van der Waals surface area contributed by atoms with Crippen LogP contribution in [-0.2, 0) is 19.1 Å². The van der Waals surface area contributed by atoms with E-state index in [2.05, 4.69) is 5.32 Å². The van der Waals surface area contributed by atoms with Crippen LogP contribution < -0.4 is 5.32 Å². The Balaban J connectivity index is 1.71. The lowest BCUT2D eigenvalue weighted by Gasteiger charge is -2.39. The van der Waals surface area contributed by atoms with E-state index in [1.807, 2.05) is 0 Å². The average molecular weight is 347 g/mol. The number of hydrogen-bond acceptors (Lipinski definition) is 5. The van der Waals surface area contributed by atoms with E-state index in [4.69, 9.17) is 9.84 Å². The van der Waals surface area contributed by atoms with Crippen molar-refractivity contribution in [3.05, 3.63) is 29.8 Å². The third-order valence-corrected chi connectivity index (χ3v) is 4.16. The van der Waals surface area contributed by atoms with Gasteiger partial charge in [-0.2, -0.15) is 0 Å². The van der Waals surface area contributed by atoms with Gasteiger partial charge in [0.1, 0.15) is 19.3 Å². The Labute approximate surface area is 143 Å². The Bertz CT molecular complexity index is 734. The normalized spacial score (nSPS) is 19.6. The summed E-state index contributed by atoms with van der Waals surface area (Å²) in [6.45, 7) is -0.429. The molecule has 3 amide bonds. The number of carbonyl (C=O) groups excluding carboxylic acids is 3. The Kier molecular flexibility index (Phi) is 4.66. The molecule has 2 aliphatic heterocycles. The van der Waals surface area contributed by atoms with Gasteiger partial charge in [0.05, 0.1) is 17.8 Å². The summed E-state index contributed by atoms with van der Waals surface area (Å²) >= 11 is 0. The number of para-hydroxylation sites is 1. The maximum atomic E-state index is 12.7. The maximum absolute atomic E-state index is 12.7. The summed E-state index contributed by atoms with van der Waals surface area (Å²) in [6.07, 6.45) is 0. The molecule has 1 saturated heterocycles. The van der Waals surface area contributed by atoms with Crippen LogP contribution in [0.25, 0.3) is 0 Å². The number of rotatable bonds is 4. The molecule has 1 fully saturated rings. The van der Waals surface area contributed by atoms with E-state index in [9.17, 15) is 19.2 Å². The number of benzene rings is 1. The molecule has 0 aromatic heterocycles. The van der Waals surface area contributed by atoms with Gasteiger partial charge in [0.2, 0.25) is 11.8 Å². The van der Waals surface area contributed by atoms with Gasteiger partial charge in [-0.3, -0.25) is 14.4 Å². The number of aliphatic carboxylic acids is 1. The molecule has 0 spiro atoms. The summed E-state index contributed by atoms with van der Waals surface area (Å²) in [5.41, 5.74) is 0.873. The van der Waals surface area contributed by atoms with Crippen molar-refractivity contribution in [3.63, 3.8) is 0 Å². The van der Waals surface area contributed by atoms with Crippen molar-refractivity contribution in [2.24, 2.45) is 0 Å². The van der Waals surface area contributed by atoms with Crippen LogP contribution in [0.1, 0.15) is 10.4 Å². The smallest absolute Gasteiger partial charge is 0.329 e. The fraction of sp³-hybridized carbons (Fsp3) is 0.375. The average Bonchev–Trinajstić information content (AvgIpc) is 2.70. The third-order valence-electron chi connectivity index (χ3n) is 4.16. The van der Waals surface area contributed by atoms with E-state index in [1.54, 1.807) is 24.3 Å². The molecule has 0 saturated carbocycles. The van der Waals surface area contributed by atoms with Gasteiger partial charge in [-0.15, -0.1) is 0 Å². The molecule has 0 radical (unpaired) electrons. The molecular weight excluding hydrogens is 330 g/mol. The molecule has 0 aliphatic carbocycles. The van der Waals surface area contributed by atoms with Gasteiger partial charge >= 0.3 is 5.97 Å². The largest absolute Gasteiger partial charge is 0.480 e. The molecule has 2 aliphatic rings. The Hall–Kier alpha value is -2.94. The first kappa shape index (κ1) is 16.9. The van der Waals surface area contributed by atoms with Gasteiger partial charge < -0.3 is 25.0 Å². The first-order chi connectivity index (χ1) is 12.0. The van der Waals surface area contributed by atoms with Gasteiger partial charge in [-0.1, -0.05) is 12.1 Å². The number of ether oxygens (including phenoxy) is 1. The molecule has 0 bridgehead atoms. The summed E-state index contributed by atoms with van der Waals surface area (Å²) in [4.78, 5) is 50.6. The Morgan fingerprint density at radius 2 is 1.96 bits per heavy atom. The van der Waals surface area contributed by atoms with Crippen molar-refractivity contribution in [2.45, 2.75) is 6.04 Å². The zero-order valence-electron chi connectivity index (χ0n) is 13.3. The van der Waals surface area contributed by atoms with Crippen LogP contribution >= 0.6 is 0 Å². The standard InChI is InChI=1S/C16H17N3O6/c20-13(8-25-9-14(21)22)18-5-6-19-12(7-18)15(23)17-11-4-2-1-3-10(11)16(19)24/h1-4,12H,5-9H2,(H,17,23)(H,21,22)/t12-/m1/s1. The second-order valence-electron chi connectivity index (χ2n) is 5.78. The summed E-state index contributed by atoms with van der Waals surface area (Å²) < 4.78 is 4.80. The summed E-state index contributed by atoms with van der Waals surface area (Å²) in [7, 11) is 0. The van der Waals surface area contributed by atoms with Gasteiger partial charge in [0.25, 0.3) is 5.91 Å². The van der Waals surface area contributed by atoms with Gasteiger partial charge in [0.15, 0.2) is 0 Å². The fourth-order valence-corrected chi connectivity index (χ4v) is 2.94. The van der Waals surface area contributed by atoms with E-state index in [1.165, 1.54) is 9.80 Å². The Morgan fingerprint density at radius 3 is 2.72 bits per heavy atom. The molecule has 1 aromatic carbocycles. The van der Waals surface area contributed by atoms with Crippen LogP contribution in [-0.4, -0.2) is 77.5 Å². The summed E-state index contributed by atoms with van der Waals surface area (Å²) in [6, 6.07) is 5.97. The number of carboxylic acid groups (broad SMARTS) is 1. The first-order valence-electron chi connectivity index (χ1n) is 7.75. The van der Waals surface area contributed by atoms with E-state index in [-0.39, 0.29) is 38.1 Å². The predicted octanol–water partition coefficient (Wildman–Crippen LogP) is -0.607. The van der Waals surface area contributed by atoms with Crippen molar-refractivity contribution in [1.82, 2.24) is 9.80 Å². The molecule has 25 heavy (non-hydrogen) atoms. The molecule has 2 N–H and O–H groups in total. The van der Waals surface area contributed by atoms with Crippen LogP contribution in [0.2, 0.25) is 0 Å². The van der Waals surface area contributed by atoms with E-state index in [0.717, 1.165) is 0 Å². The molecule has 1 aromatic rings. The van der Waals surface area contributed by atoms with E-state index < -0.39 is 24.5 Å². The zero-order valence-corrected chi connectivity index (χ0v) is 13.3. The monoisotopic (exact) mass is 347 g/mol. The highest BCUT2D eigenvalue weighted by Gasteiger charge is 2.40. The van der Waals surface area contributed by atoms with Crippen molar-refractivity contribution in [1.29, 1.82) is 0 Å². The summed E-state index contributed by atoms with van der Waals surface area (Å²) in [5, 5.41) is 11.2. The highest BCUT2D eigenvalue weighted by molar-refractivity contribution is 6.10. The van der Waals surface area contributed by atoms with Crippen molar-refractivity contribution >= 4 is 29.4 Å². The highest BCUT2D eigenvalue weighted by Crippen LogP contribution is 2.25. The number of anilines is 1. The van der Waals surface area contributed by atoms with Gasteiger partial charge in [-0.25, -0.2) is 4.79 Å². The maximum Gasteiger partial charge on any atom is 0.329 e. The number of carbonyl (C=O) groups is 4. The van der Waals surface area contributed by atoms with Crippen LogP contribution in [0.3, 0.4) is 0 Å². The minimum Gasteiger partial charge on any atom is -0.480 e. The number of nitrogens with zero attached hydrogens (tertiary/aromatic N) is 2. The lowest BCUT2D eigenvalue weighted by atomic mass is 10.1. The zero-order chi connectivity index (χ0) is 18.0. The molecule has 9 heteroatoms. The SMILES string of the molecule is O=C(O)COCC(=O)N1CCN2C(=O)c3ccccc3NC(=O)[C@H]2C1. The van der Waals surface area contributed by atoms with Crippen LogP contribution in [0.15, 0.2) is 24.3 Å². The second kappa shape index (κ2) is 6.89. The molecule has 2 heterocycles. The van der Waals surface area contributed by atoms with Crippen molar-refractivity contribution in [2.75, 3.05) is 38.2 Å². The number of hydrogen-bond donors (Lipinski definition) is 2. The number of fused-ring (bicyclic) bond motifs is 2. The second-order valence-corrected chi connectivity index (χ2v) is 5.78. The molecule has 132 valence electrons. The minimum atomic E-state index is -1.16. The third kappa shape index (κ3) is 3.45. The Morgan fingerprint density at radius 1 is 1.20 bits per heavy atom. The number of piperazine rings is 1. The first-order valence-corrected chi connectivity index (χ1v) is 7.75. The molecule has 9 nitrogen and oxygen atoms in total. The lowest BCUT2D eigenvalue weighted by Crippen LogP contribution is -2.60. The van der Waals surface area contributed by atoms with Crippen LogP contribution in [0.4, 0.5) is 5.69 Å². The summed E-state index contributed by atoms with van der Waals surface area (Å²) in [5.74, 6) is -2.19.